The van der Waals surface area contributed by atoms with Crippen molar-refractivity contribution in [1.29, 1.82) is 0 Å². The van der Waals surface area contributed by atoms with Gasteiger partial charge in [0.15, 0.2) is 0 Å². The van der Waals surface area contributed by atoms with Gasteiger partial charge in [-0.05, 0) is 52.5 Å². The molecule has 0 aliphatic carbocycles. The molecule has 0 aromatic carbocycles. The van der Waals surface area contributed by atoms with E-state index >= 15 is 0 Å². The molecule has 22 heavy (non-hydrogen) atoms. The first-order chi connectivity index (χ1) is 10.6. The second-order valence-electron chi connectivity index (χ2n) is 7.23. The number of ether oxygens (including phenoxy) is 2. The van der Waals surface area contributed by atoms with E-state index in [0.717, 1.165) is 58.3 Å². The largest absolute Gasteiger partial charge is 0.374 e. The summed E-state index contributed by atoms with van der Waals surface area (Å²) >= 11 is 0. The summed E-state index contributed by atoms with van der Waals surface area (Å²) in [6.45, 7) is 8.23. The molecule has 0 unspecified atom stereocenters. The fourth-order valence-corrected chi connectivity index (χ4v) is 4.18. The highest BCUT2D eigenvalue weighted by atomic mass is 16.5. The molecule has 0 aromatic heterocycles. The average molecular weight is 310 g/mol. The third-order valence-corrected chi connectivity index (χ3v) is 5.14. The van der Waals surface area contributed by atoms with Crippen LogP contribution >= 0.6 is 0 Å². The number of hydrogen-bond acceptors (Lipinski definition) is 4. The first kappa shape index (κ1) is 16.2. The number of carbonyl (C=O) groups is 1. The van der Waals surface area contributed by atoms with Gasteiger partial charge >= 0.3 is 0 Å². The van der Waals surface area contributed by atoms with Gasteiger partial charge in [-0.25, -0.2) is 0 Å². The smallest absolute Gasteiger partial charge is 0.225 e. The molecular weight excluding hydrogens is 280 g/mol. The molecule has 3 fully saturated rings. The topological polar surface area (TPSA) is 50.8 Å². The quantitative estimate of drug-likeness (QED) is 0.757. The zero-order valence-corrected chi connectivity index (χ0v) is 13.9. The van der Waals surface area contributed by atoms with Crippen molar-refractivity contribution in [3.63, 3.8) is 0 Å². The number of unbranched alkanes of at least 4 members (excludes halogenated alkanes) is 1. The Morgan fingerprint density at radius 2 is 1.91 bits per heavy atom. The van der Waals surface area contributed by atoms with E-state index in [2.05, 4.69) is 24.1 Å². The fraction of sp³-hybridized carbons (Fsp3) is 0.941. The highest BCUT2D eigenvalue weighted by Crippen LogP contribution is 2.38. The summed E-state index contributed by atoms with van der Waals surface area (Å²) in [4.78, 5) is 14.6. The van der Waals surface area contributed by atoms with Crippen LogP contribution in [0.25, 0.3) is 0 Å². The van der Waals surface area contributed by atoms with Crippen molar-refractivity contribution in [1.82, 2.24) is 10.2 Å². The Hall–Kier alpha value is -0.650. The number of morpholine rings is 1. The zero-order valence-electron chi connectivity index (χ0n) is 13.9. The minimum atomic E-state index is 0.111. The van der Waals surface area contributed by atoms with Crippen LogP contribution in [-0.4, -0.2) is 61.4 Å². The lowest BCUT2D eigenvalue weighted by molar-refractivity contribution is -0.126. The number of amides is 1. The summed E-state index contributed by atoms with van der Waals surface area (Å²) in [5, 5.41) is 3.10. The van der Waals surface area contributed by atoms with Crippen LogP contribution in [0.4, 0.5) is 0 Å². The predicted octanol–water partition coefficient (Wildman–Crippen LogP) is 1.56. The Balaban J connectivity index is 1.27. The van der Waals surface area contributed by atoms with Crippen molar-refractivity contribution in [2.24, 2.45) is 5.92 Å². The van der Waals surface area contributed by atoms with Crippen molar-refractivity contribution in [2.45, 2.75) is 70.4 Å². The van der Waals surface area contributed by atoms with E-state index in [-0.39, 0.29) is 17.9 Å². The first-order valence-electron chi connectivity index (χ1n) is 8.93. The molecular formula is C17H30N2O3. The third kappa shape index (κ3) is 4.00. The molecule has 3 aliphatic rings. The number of rotatable bonds is 6. The molecule has 0 aromatic rings. The minimum Gasteiger partial charge on any atom is -0.374 e. The van der Waals surface area contributed by atoms with Gasteiger partial charge < -0.3 is 14.8 Å². The van der Waals surface area contributed by atoms with E-state index in [1.54, 1.807) is 0 Å². The number of hydrogen-bond donors (Lipinski definition) is 1. The number of fused-ring (bicyclic) bond motifs is 2. The third-order valence-electron chi connectivity index (χ3n) is 5.14. The van der Waals surface area contributed by atoms with Gasteiger partial charge in [0.25, 0.3) is 0 Å². The molecule has 0 saturated carbocycles. The van der Waals surface area contributed by atoms with E-state index in [9.17, 15) is 4.79 Å². The molecule has 1 amide bonds. The standard InChI is InChI=1S/C17H30N2O3/c1-12-10-19(11-13(2)21-12)8-4-3-7-18-17(20)15-9-14-5-6-16(15)22-14/h12-16H,3-11H2,1-2H3,(H,18,20)/t12-,13+,14-,15+,16-/m1/s1. The second-order valence-corrected chi connectivity index (χ2v) is 7.23. The van der Waals surface area contributed by atoms with Crippen LogP contribution in [-0.2, 0) is 14.3 Å². The van der Waals surface area contributed by atoms with Crippen molar-refractivity contribution < 1.29 is 14.3 Å². The molecule has 5 atom stereocenters. The summed E-state index contributed by atoms with van der Waals surface area (Å²) in [5.74, 6) is 0.320. The van der Waals surface area contributed by atoms with Crippen LogP contribution in [0.2, 0.25) is 0 Å². The normalized spacial score (nSPS) is 38.4. The van der Waals surface area contributed by atoms with Crippen molar-refractivity contribution in [2.75, 3.05) is 26.2 Å². The lowest BCUT2D eigenvalue weighted by atomic mass is 9.88. The molecule has 3 heterocycles. The molecule has 5 heteroatoms. The van der Waals surface area contributed by atoms with E-state index in [1.165, 1.54) is 0 Å². The van der Waals surface area contributed by atoms with Gasteiger partial charge in [0.2, 0.25) is 5.91 Å². The molecule has 0 spiro atoms. The second kappa shape index (κ2) is 7.28. The molecule has 3 saturated heterocycles. The summed E-state index contributed by atoms with van der Waals surface area (Å²) in [6.07, 6.45) is 6.54. The fourth-order valence-electron chi connectivity index (χ4n) is 4.18. The zero-order chi connectivity index (χ0) is 15.5. The van der Waals surface area contributed by atoms with Crippen LogP contribution in [0.3, 0.4) is 0 Å². The van der Waals surface area contributed by atoms with Crippen LogP contribution in [0.5, 0.6) is 0 Å². The summed E-state index contributed by atoms with van der Waals surface area (Å²) < 4.78 is 11.5. The van der Waals surface area contributed by atoms with Crippen molar-refractivity contribution in [3.8, 4) is 0 Å². The number of carbonyl (C=O) groups excluding carboxylic acids is 1. The first-order valence-corrected chi connectivity index (χ1v) is 8.93. The molecule has 0 radical (unpaired) electrons. The van der Waals surface area contributed by atoms with Crippen LogP contribution in [0.15, 0.2) is 0 Å². The van der Waals surface area contributed by atoms with Crippen LogP contribution < -0.4 is 5.32 Å². The van der Waals surface area contributed by atoms with E-state index in [0.29, 0.717) is 18.3 Å². The lowest BCUT2D eigenvalue weighted by Crippen LogP contribution is -2.45. The molecule has 3 rings (SSSR count). The Labute approximate surface area is 133 Å². The number of nitrogens with zero attached hydrogens (tertiary/aromatic N) is 1. The van der Waals surface area contributed by atoms with Gasteiger partial charge in [-0.15, -0.1) is 0 Å². The Morgan fingerprint density at radius 3 is 2.55 bits per heavy atom. The monoisotopic (exact) mass is 310 g/mol. The maximum atomic E-state index is 12.2. The molecule has 2 bridgehead atoms. The van der Waals surface area contributed by atoms with Crippen LogP contribution in [0.1, 0.15) is 46.0 Å². The maximum Gasteiger partial charge on any atom is 0.225 e. The summed E-state index contributed by atoms with van der Waals surface area (Å²) in [7, 11) is 0. The van der Waals surface area contributed by atoms with E-state index < -0.39 is 0 Å². The van der Waals surface area contributed by atoms with Gasteiger partial charge in [0.05, 0.1) is 30.3 Å². The average Bonchev–Trinajstić information content (AvgIpc) is 3.08. The van der Waals surface area contributed by atoms with Gasteiger partial charge in [0, 0.05) is 19.6 Å². The van der Waals surface area contributed by atoms with E-state index in [1.807, 2.05) is 0 Å². The lowest BCUT2D eigenvalue weighted by Gasteiger charge is -2.35. The highest BCUT2D eigenvalue weighted by molar-refractivity contribution is 5.79. The summed E-state index contributed by atoms with van der Waals surface area (Å²) in [5.41, 5.74) is 0. The molecule has 126 valence electrons. The van der Waals surface area contributed by atoms with Crippen molar-refractivity contribution >= 4 is 5.91 Å². The molecule has 3 aliphatic heterocycles. The summed E-state index contributed by atoms with van der Waals surface area (Å²) in [6, 6.07) is 0. The van der Waals surface area contributed by atoms with Gasteiger partial charge in [-0.1, -0.05) is 0 Å². The molecule has 1 N–H and O–H groups in total. The maximum absolute atomic E-state index is 12.2. The Kier molecular flexibility index (Phi) is 5.37. The van der Waals surface area contributed by atoms with Crippen molar-refractivity contribution in [3.05, 3.63) is 0 Å². The predicted molar refractivity (Wildman–Crippen MR) is 84.7 cm³/mol. The van der Waals surface area contributed by atoms with Gasteiger partial charge in [-0.2, -0.15) is 0 Å². The SMILES string of the molecule is C[C@@H]1CN(CCCCNC(=O)[C@H]2C[C@H]3CC[C@H]2O3)C[C@H](C)O1. The Morgan fingerprint density at radius 1 is 1.14 bits per heavy atom. The van der Waals surface area contributed by atoms with Crippen LogP contribution in [0, 0.1) is 5.92 Å². The Bertz CT molecular complexity index is 380. The minimum absolute atomic E-state index is 0.111. The van der Waals surface area contributed by atoms with Gasteiger partial charge in [0.1, 0.15) is 0 Å². The van der Waals surface area contributed by atoms with E-state index in [4.69, 9.17) is 9.47 Å². The highest BCUT2D eigenvalue weighted by Gasteiger charge is 2.44. The van der Waals surface area contributed by atoms with Gasteiger partial charge in [-0.3, -0.25) is 9.69 Å². The molecule has 5 nitrogen and oxygen atoms in total. The number of nitrogens with one attached hydrogen (secondary N) is 1.